The van der Waals surface area contributed by atoms with Crippen LogP contribution in [-0.4, -0.2) is 39.1 Å². The highest BCUT2D eigenvalue weighted by atomic mass is 16.3. The lowest BCUT2D eigenvalue weighted by atomic mass is 10.1. The molecule has 3 heterocycles. The number of carbonyl (C=O) groups is 2. The van der Waals surface area contributed by atoms with Gasteiger partial charge in [-0.05, 0) is 38.3 Å². The minimum atomic E-state index is -0.451. The summed E-state index contributed by atoms with van der Waals surface area (Å²) in [6.07, 6.45) is 7.46. The van der Waals surface area contributed by atoms with Crippen LogP contribution in [0.1, 0.15) is 55.3 Å². The smallest absolute Gasteiger partial charge is 0.290 e. The Morgan fingerprint density at radius 1 is 1.44 bits per heavy atom. The van der Waals surface area contributed by atoms with E-state index in [1.807, 2.05) is 24.7 Å². The summed E-state index contributed by atoms with van der Waals surface area (Å²) in [4.78, 5) is 26.9. The summed E-state index contributed by atoms with van der Waals surface area (Å²) in [6, 6.07) is 2.75. The van der Waals surface area contributed by atoms with Crippen LogP contribution >= 0.6 is 0 Å². The number of aromatic nitrogens is 2. The Bertz CT molecular complexity index is 723. The van der Waals surface area contributed by atoms with Crippen LogP contribution in [0.5, 0.6) is 0 Å². The lowest BCUT2D eigenvalue weighted by Crippen LogP contribution is -2.46. The molecule has 7 nitrogen and oxygen atoms in total. The third-order valence-corrected chi connectivity index (χ3v) is 4.65. The largest absolute Gasteiger partial charge is 0.459 e. The number of amides is 2. The van der Waals surface area contributed by atoms with Crippen molar-refractivity contribution in [3.8, 4) is 0 Å². The van der Waals surface area contributed by atoms with E-state index in [-0.39, 0.29) is 23.6 Å². The SMILES string of the molecule is CC[C@@H](NC(=O)[C@H]1CCCN1C(=O)c1ccco1)c1cnn(CC)c1. The number of nitrogens with zero attached hydrogens (tertiary/aromatic N) is 3. The number of hydrogen-bond acceptors (Lipinski definition) is 4. The predicted molar refractivity (Wildman–Crippen MR) is 91.8 cm³/mol. The van der Waals surface area contributed by atoms with Crippen LogP contribution in [0.3, 0.4) is 0 Å². The molecule has 134 valence electrons. The molecule has 0 saturated carbocycles. The number of carbonyl (C=O) groups excluding carboxylic acids is 2. The molecule has 1 N–H and O–H groups in total. The van der Waals surface area contributed by atoms with E-state index in [0.717, 1.165) is 24.9 Å². The molecule has 0 bridgehead atoms. The van der Waals surface area contributed by atoms with Crippen LogP contribution in [0.2, 0.25) is 0 Å². The summed E-state index contributed by atoms with van der Waals surface area (Å²) in [5, 5.41) is 7.35. The topological polar surface area (TPSA) is 80.4 Å². The Hall–Kier alpha value is -2.57. The molecular weight excluding hydrogens is 320 g/mol. The van der Waals surface area contributed by atoms with Crippen molar-refractivity contribution in [1.29, 1.82) is 0 Å². The van der Waals surface area contributed by atoms with E-state index in [9.17, 15) is 9.59 Å². The van der Waals surface area contributed by atoms with Gasteiger partial charge in [-0.2, -0.15) is 5.10 Å². The molecule has 1 fully saturated rings. The fourth-order valence-electron chi connectivity index (χ4n) is 3.25. The highest BCUT2D eigenvalue weighted by molar-refractivity contribution is 5.96. The van der Waals surface area contributed by atoms with E-state index in [1.165, 1.54) is 6.26 Å². The van der Waals surface area contributed by atoms with Gasteiger partial charge in [0.1, 0.15) is 6.04 Å². The van der Waals surface area contributed by atoms with Gasteiger partial charge in [0.05, 0.1) is 18.5 Å². The molecule has 1 aliphatic rings. The van der Waals surface area contributed by atoms with Gasteiger partial charge in [0.25, 0.3) is 5.91 Å². The molecule has 0 unspecified atom stereocenters. The first-order valence-corrected chi connectivity index (χ1v) is 8.81. The summed E-state index contributed by atoms with van der Waals surface area (Å²) < 4.78 is 7.03. The molecule has 2 amide bonds. The summed E-state index contributed by atoms with van der Waals surface area (Å²) in [5.74, 6) is -0.0704. The molecule has 2 aromatic heterocycles. The van der Waals surface area contributed by atoms with Crippen molar-refractivity contribution in [2.45, 2.75) is 51.7 Å². The van der Waals surface area contributed by atoms with Crippen LogP contribution in [0, 0.1) is 0 Å². The monoisotopic (exact) mass is 344 g/mol. The first-order valence-electron chi connectivity index (χ1n) is 8.81. The summed E-state index contributed by atoms with van der Waals surface area (Å²) in [6.45, 7) is 5.40. The Kier molecular flexibility index (Phi) is 5.21. The van der Waals surface area contributed by atoms with Gasteiger partial charge < -0.3 is 14.6 Å². The van der Waals surface area contributed by atoms with Crippen molar-refractivity contribution in [1.82, 2.24) is 20.0 Å². The number of likely N-dealkylation sites (tertiary alicyclic amines) is 1. The zero-order valence-corrected chi connectivity index (χ0v) is 14.6. The molecule has 3 rings (SSSR count). The van der Waals surface area contributed by atoms with Crippen molar-refractivity contribution in [2.24, 2.45) is 0 Å². The highest BCUT2D eigenvalue weighted by Gasteiger charge is 2.36. The number of furan rings is 1. The minimum absolute atomic E-state index is 0.103. The third kappa shape index (κ3) is 3.60. The van der Waals surface area contributed by atoms with Gasteiger partial charge >= 0.3 is 0 Å². The van der Waals surface area contributed by atoms with Crippen molar-refractivity contribution in [2.75, 3.05) is 6.54 Å². The Balaban J connectivity index is 1.69. The average Bonchev–Trinajstić information content (AvgIpc) is 3.39. The van der Waals surface area contributed by atoms with E-state index >= 15 is 0 Å². The molecule has 2 atom stereocenters. The molecule has 1 saturated heterocycles. The van der Waals surface area contributed by atoms with Gasteiger partial charge in [-0.3, -0.25) is 14.3 Å². The van der Waals surface area contributed by atoms with Gasteiger partial charge in [0, 0.05) is 24.8 Å². The van der Waals surface area contributed by atoms with Crippen LogP contribution in [0.4, 0.5) is 0 Å². The van der Waals surface area contributed by atoms with Crippen LogP contribution in [0.15, 0.2) is 35.2 Å². The maximum absolute atomic E-state index is 12.8. The van der Waals surface area contributed by atoms with E-state index in [4.69, 9.17) is 4.42 Å². The van der Waals surface area contributed by atoms with Crippen molar-refractivity contribution in [3.63, 3.8) is 0 Å². The van der Waals surface area contributed by atoms with Crippen LogP contribution < -0.4 is 5.32 Å². The molecule has 2 aromatic rings. The van der Waals surface area contributed by atoms with Crippen molar-refractivity contribution >= 4 is 11.8 Å². The van der Waals surface area contributed by atoms with Gasteiger partial charge in [0.15, 0.2) is 5.76 Å². The lowest BCUT2D eigenvalue weighted by molar-refractivity contribution is -0.125. The summed E-state index contributed by atoms with van der Waals surface area (Å²) in [7, 11) is 0. The fourth-order valence-corrected chi connectivity index (χ4v) is 3.25. The first kappa shape index (κ1) is 17.3. The second-order valence-corrected chi connectivity index (χ2v) is 6.23. The van der Waals surface area contributed by atoms with E-state index in [2.05, 4.69) is 10.4 Å². The van der Waals surface area contributed by atoms with Gasteiger partial charge in [0.2, 0.25) is 5.91 Å². The quantitative estimate of drug-likeness (QED) is 0.872. The second-order valence-electron chi connectivity index (χ2n) is 6.23. The van der Waals surface area contributed by atoms with Crippen molar-refractivity contribution in [3.05, 3.63) is 42.1 Å². The minimum Gasteiger partial charge on any atom is -0.459 e. The van der Waals surface area contributed by atoms with Crippen LogP contribution in [0.25, 0.3) is 0 Å². The number of rotatable bonds is 6. The Labute approximate surface area is 147 Å². The van der Waals surface area contributed by atoms with Crippen LogP contribution in [-0.2, 0) is 11.3 Å². The predicted octanol–water partition coefficient (Wildman–Crippen LogP) is 2.37. The van der Waals surface area contributed by atoms with Gasteiger partial charge in [-0.25, -0.2) is 0 Å². The lowest BCUT2D eigenvalue weighted by Gasteiger charge is -2.25. The number of nitrogens with one attached hydrogen (secondary N) is 1. The standard InChI is InChI=1S/C18H24N4O3/c1-3-14(13-11-19-21(4-2)12-13)20-17(23)15-7-5-9-22(15)18(24)16-8-6-10-25-16/h6,8,10-12,14-15H,3-5,7,9H2,1-2H3,(H,20,23)/t14-,15-/m1/s1. The molecule has 0 aliphatic carbocycles. The highest BCUT2D eigenvalue weighted by Crippen LogP contribution is 2.23. The number of aryl methyl sites for hydroxylation is 1. The maximum atomic E-state index is 12.8. The molecule has 25 heavy (non-hydrogen) atoms. The molecule has 0 spiro atoms. The van der Waals surface area contributed by atoms with E-state index in [0.29, 0.717) is 13.0 Å². The Morgan fingerprint density at radius 3 is 2.92 bits per heavy atom. The summed E-state index contributed by atoms with van der Waals surface area (Å²) in [5.41, 5.74) is 0.986. The normalized spacial score (nSPS) is 18.3. The molecule has 7 heteroatoms. The Morgan fingerprint density at radius 2 is 2.28 bits per heavy atom. The van der Waals surface area contributed by atoms with E-state index in [1.54, 1.807) is 23.2 Å². The maximum Gasteiger partial charge on any atom is 0.290 e. The number of hydrogen-bond donors (Lipinski definition) is 1. The van der Waals surface area contributed by atoms with Gasteiger partial charge in [-0.15, -0.1) is 0 Å². The zero-order valence-electron chi connectivity index (χ0n) is 14.6. The first-order chi connectivity index (χ1) is 12.1. The molecule has 0 aromatic carbocycles. The average molecular weight is 344 g/mol. The van der Waals surface area contributed by atoms with Gasteiger partial charge in [-0.1, -0.05) is 6.92 Å². The zero-order chi connectivity index (χ0) is 17.8. The fraction of sp³-hybridized carbons (Fsp3) is 0.500. The molecule has 1 aliphatic heterocycles. The second kappa shape index (κ2) is 7.55. The molecule has 0 radical (unpaired) electrons. The molecular formula is C18H24N4O3. The third-order valence-electron chi connectivity index (χ3n) is 4.65. The summed E-state index contributed by atoms with van der Waals surface area (Å²) >= 11 is 0. The van der Waals surface area contributed by atoms with Crippen molar-refractivity contribution < 1.29 is 14.0 Å². The van der Waals surface area contributed by atoms with E-state index < -0.39 is 6.04 Å².